The molecular weight excluding hydrogens is 352 g/mol. The molecule has 2 N–H and O–H groups in total. The largest absolute Gasteiger partial charge is 0.357 e. The average Bonchev–Trinajstić information content (AvgIpc) is 3.28. The van der Waals surface area contributed by atoms with Gasteiger partial charge in [-0.15, -0.1) is 0 Å². The van der Waals surface area contributed by atoms with E-state index in [1.165, 1.54) is 39.0 Å². The van der Waals surface area contributed by atoms with Crippen LogP contribution < -0.4 is 15.5 Å². The highest BCUT2D eigenvalue weighted by molar-refractivity contribution is 5.73. The lowest BCUT2D eigenvalue weighted by molar-refractivity contribution is 0.135. The first-order chi connectivity index (χ1) is 13.7. The number of carbonyl (C=O) groups is 1. The molecule has 1 aromatic rings. The van der Waals surface area contributed by atoms with Crippen LogP contribution in [0.25, 0.3) is 0 Å². The van der Waals surface area contributed by atoms with Crippen LogP contribution in [0.15, 0.2) is 18.3 Å². The fourth-order valence-electron chi connectivity index (χ4n) is 3.93. The van der Waals surface area contributed by atoms with E-state index in [9.17, 15) is 4.79 Å². The van der Waals surface area contributed by atoms with Crippen molar-refractivity contribution in [2.45, 2.75) is 39.2 Å². The summed E-state index contributed by atoms with van der Waals surface area (Å²) in [5.74, 6) is 1.02. The van der Waals surface area contributed by atoms with Crippen LogP contribution in [-0.4, -0.2) is 79.7 Å². The third-order valence-electron chi connectivity index (χ3n) is 5.79. The number of piperazine rings is 1. The fourth-order valence-corrected chi connectivity index (χ4v) is 3.93. The minimum Gasteiger partial charge on any atom is -0.357 e. The number of hydrogen-bond donors (Lipinski definition) is 2. The number of unbranched alkanes of at least 4 members (excludes halogenated alkanes) is 1. The van der Waals surface area contributed by atoms with Crippen molar-refractivity contribution in [3.05, 3.63) is 23.9 Å². The molecule has 0 unspecified atom stereocenters. The average molecular weight is 389 g/mol. The number of rotatable bonds is 9. The predicted octanol–water partition coefficient (Wildman–Crippen LogP) is 1.90. The van der Waals surface area contributed by atoms with Crippen LogP contribution in [0, 0.1) is 0 Å². The molecule has 156 valence electrons. The van der Waals surface area contributed by atoms with Crippen molar-refractivity contribution in [2.24, 2.45) is 0 Å². The number of anilines is 1. The van der Waals surface area contributed by atoms with Crippen LogP contribution in [0.3, 0.4) is 0 Å². The zero-order chi connectivity index (χ0) is 19.6. The highest BCUT2D eigenvalue weighted by atomic mass is 16.2. The first-order valence-corrected chi connectivity index (χ1v) is 10.9. The molecule has 3 rings (SSSR count). The predicted molar refractivity (Wildman–Crippen MR) is 114 cm³/mol. The quantitative estimate of drug-likeness (QED) is 0.633. The topological polar surface area (TPSA) is 63.7 Å². The van der Waals surface area contributed by atoms with E-state index in [-0.39, 0.29) is 6.03 Å². The maximum absolute atomic E-state index is 12.0. The minimum absolute atomic E-state index is 0.0869. The van der Waals surface area contributed by atoms with E-state index in [0.717, 1.165) is 56.9 Å². The highest BCUT2D eigenvalue weighted by Gasteiger charge is 2.15. The van der Waals surface area contributed by atoms with Crippen molar-refractivity contribution in [1.29, 1.82) is 0 Å². The van der Waals surface area contributed by atoms with Gasteiger partial charge in [0.1, 0.15) is 5.82 Å². The summed E-state index contributed by atoms with van der Waals surface area (Å²) >= 11 is 0. The Bertz CT molecular complexity index is 596. The van der Waals surface area contributed by atoms with Gasteiger partial charge in [-0.3, -0.25) is 0 Å². The summed E-state index contributed by atoms with van der Waals surface area (Å²) in [6.07, 6.45) is 6.47. The molecule has 7 heteroatoms. The van der Waals surface area contributed by atoms with Gasteiger partial charge in [0.15, 0.2) is 0 Å². The number of nitrogens with one attached hydrogen (secondary N) is 2. The van der Waals surface area contributed by atoms with Gasteiger partial charge in [-0.25, -0.2) is 9.78 Å². The molecule has 28 heavy (non-hydrogen) atoms. The van der Waals surface area contributed by atoms with Crippen LogP contribution in [0.2, 0.25) is 0 Å². The van der Waals surface area contributed by atoms with E-state index in [4.69, 9.17) is 0 Å². The number of likely N-dealkylation sites (N-methyl/N-ethyl adjacent to an activating group) is 1. The summed E-state index contributed by atoms with van der Waals surface area (Å²) in [5, 5.41) is 5.93. The second kappa shape index (κ2) is 11.2. The number of urea groups is 1. The lowest BCUT2D eigenvalue weighted by atomic mass is 10.2. The van der Waals surface area contributed by atoms with Gasteiger partial charge in [0, 0.05) is 58.6 Å². The van der Waals surface area contributed by atoms with Crippen LogP contribution in [-0.2, 0) is 6.54 Å². The molecule has 3 heterocycles. The van der Waals surface area contributed by atoms with Gasteiger partial charge < -0.3 is 25.3 Å². The summed E-state index contributed by atoms with van der Waals surface area (Å²) in [6.45, 7) is 12.7. The van der Waals surface area contributed by atoms with E-state index in [1.54, 1.807) is 0 Å². The summed E-state index contributed by atoms with van der Waals surface area (Å²) in [6, 6.07) is 3.97. The summed E-state index contributed by atoms with van der Waals surface area (Å²) in [7, 11) is 0. The van der Waals surface area contributed by atoms with E-state index < -0.39 is 0 Å². The zero-order valence-electron chi connectivity index (χ0n) is 17.3. The molecule has 2 amide bonds. The summed E-state index contributed by atoms with van der Waals surface area (Å²) in [5.41, 5.74) is 1.10. The molecule has 0 aromatic carbocycles. The van der Waals surface area contributed by atoms with E-state index in [1.807, 2.05) is 12.3 Å². The van der Waals surface area contributed by atoms with Crippen molar-refractivity contribution >= 4 is 11.8 Å². The number of nitrogens with zero attached hydrogens (tertiary/aromatic N) is 4. The zero-order valence-corrected chi connectivity index (χ0v) is 17.3. The molecule has 0 aliphatic carbocycles. The Labute approximate surface area is 169 Å². The van der Waals surface area contributed by atoms with Crippen LogP contribution in [0.1, 0.15) is 38.2 Å². The molecule has 0 atom stereocenters. The summed E-state index contributed by atoms with van der Waals surface area (Å²) < 4.78 is 0. The fraction of sp³-hybridized carbons (Fsp3) is 0.714. The molecule has 2 fully saturated rings. The first-order valence-electron chi connectivity index (χ1n) is 10.9. The highest BCUT2D eigenvalue weighted by Crippen LogP contribution is 2.18. The van der Waals surface area contributed by atoms with E-state index in [0.29, 0.717) is 6.54 Å². The normalized spacial score (nSPS) is 18.4. The van der Waals surface area contributed by atoms with E-state index in [2.05, 4.69) is 43.3 Å². The van der Waals surface area contributed by atoms with Crippen molar-refractivity contribution in [3.8, 4) is 0 Å². The van der Waals surface area contributed by atoms with Crippen molar-refractivity contribution in [1.82, 2.24) is 25.4 Å². The molecule has 0 radical (unpaired) electrons. The molecule has 0 saturated carbocycles. The van der Waals surface area contributed by atoms with E-state index >= 15 is 0 Å². The molecule has 7 nitrogen and oxygen atoms in total. The Morgan fingerprint density at radius 2 is 1.79 bits per heavy atom. The first kappa shape index (κ1) is 20.9. The molecule has 0 bridgehead atoms. The Balaban J connectivity index is 1.25. The van der Waals surface area contributed by atoms with Crippen LogP contribution in [0.5, 0.6) is 0 Å². The van der Waals surface area contributed by atoms with Gasteiger partial charge in [0.2, 0.25) is 0 Å². The lowest BCUT2D eigenvalue weighted by Gasteiger charge is -2.33. The molecule has 0 spiro atoms. The second-order valence-corrected chi connectivity index (χ2v) is 7.81. The molecule has 2 aliphatic rings. The van der Waals surface area contributed by atoms with Crippen LogP contribution >= 0.6 is 0 Å². The third-order valence-corrected chi connectivity index (χ3v) is 5.79. The monoisotopic (exact) mass is 388 g/mol. The minimum atomic E-state index is -0.0869. The van der Waals surface area contributed by atoms with Gasteiger partial charge in [0.05, 0.1) is 0 Å². The van der Waals surface area contributed by atoms with Gasteiger partial charge in [-0.1, -0.05) is 6.92 Å². The number of aromatic nitrogens is 1. The van der Waals surface area contributed by atoms with Crippen molar-refractivity contribution in [2.75, 3.05) is 63.8 Å². The van der Waals surface area contributed by atoms with Gasteiger partial charge >= 0.3 is 6.03 Å². The Kier molecular flexibility index (Phi) is 8.36. The SMILES string of the molecule is CCN1CCN(CCCCNC(=O)NCc2ccnc(N3CCCC3)c2)CC1. The third kappa shape index (κ3) is 6.63. The van der Waals surface area contributed by atoms with Gasteiger partial charge in [-0.2, -0.15) is 0 Å². The van der Waals surface area contributed by atoms with Gasteiger partial charge in [-0.05, 0) is 56.5 Å². The van der Waals surface area contributed by atoms with Gasteiger partial charge in [0.25, 0.3) is 0 Å². The van der Waals surface area contributed by atoms with Crippen LogP contribution in [0.4, 0.5) is 10.6 Å². The van der Waals surface area contributed by atoms with Crippen molar-refractivity contribution < 1.29 is 4.79 Å². The molecule has 2 aliphatic heterocycles. The maximum atomic E-state index is 12.0. The molecular formula is C21H36N6O. The Morgan fingerprint density at radius 1 is 1.04 bits per heavy atom. The number of pyridine rings is 1. The number of hydrogen-bond acceptors (Lipinski definition) is 5. The smallest absolute Gasteiger partial charge is 0.315 e. The molecule has 1 aromatic heterocycles. The lowest BCUT2D eigenvalue weighted by Crippen LogP contribution is -2.46. The number of carbonyl (C=O) groups excluding carboxylic acids is 1. The standard InChI is InChI=1S/C21H36N6O/c1-2-25-13-15-26(16-14-25)10-4-3-8-23-21(28)24-18-19-7-9-22-20(17-19)27-11-5-6-12-27/h7,9,17H,2-6,8,10-16,18H2,1H3,(H2,23,24,28). The van der Waals surface area contributed by atoms with Crippen molar-refractivity contribution in [3.63, 3.8) is 0 Å². The Hall–Kier alpha value is -1.86. The Morgan fingerprint density at radius 3 is 2.54 bits per heavy atom. The second-order valence-electron chi connectivity index (χ2n) is 7.81. The summed E-state index contributed by atoms with van der Waals surface area (Å²) in [4.78, 5) is 23.8. The maximum Gasteiger partial charge on any atom is 0.315 e. The number of amides is 2. The molecule has 2 saturated heterocycles.